The van der Waals surface area contributed by atoms with Gasteiger partial charge < -0.3 is 14.7 Å². The van der Waals surface area contributed by atoms with Crippen LogP contribution in [0.2, 0.25) is 0 Å². The molecule has 2 rings (SSSR count). The molecular weight excluding hydrogens is 296 g/mol. The summed E-state index contributed by atoms with van der Waals surface area (Å²) in [5.41, 5.74) is 2.18. The zero-order valence-electron chi connectivity index (χ0n) is 13.7. The zero-order chi connectivity index (χ0) is 16.8. The maximum Gasteiger partial charge on any atom is 0.317 e. The lowest BCUT2D eigenvalue weighted by Crippen LogP contribution is -2.50. The molecule has 0 bridgehead atoms. The van der Waals surface area contributed by atoms with Gasteiger partial charge in [-0.05, 0) is 19.5 Å². The summed E-state index contributed by atoms with van der Waals surface area (Å²) in [6.45, 7) is 4.08. The number of hydrogen-bond acceptors (Lipinski definition) is 4. The molecule has 1 atom stereocenters. The predicted molar refractivity (Wildman–Crippen MR) is 86.3 cm³/mol. The molecule has 6 heteroatoms. The lowest BCUT2D eigenvalue weighted by Gasteiger charge is -2.34. The van der Waals surface area contributed by atoms with Gasteiger partial charge in [0.25, 0.3) is 0 Å². The number of carboxylic acids is 1. The molecule has 6 nitrogen and oxygen atoms in total. The van der Waals surface area contributed by atoms with E-state index in [0.717, 1.165) is 5.56 Å². The summed E-state index contributed by atoms with van der Waals surface area (Å²) < 4.78 is 5.65. The number of nitrogens with zero attached hydrogens (tertiary/aromatic N) is 2. The molecule has 1 amide bonds. The molecule has 1 aromatic rings. The normalized spacial score (nSPS) is 18.2. The Bertz CT molecular complexity index is 544. The molecule has 23 heavy (non-hydrogen) atoms. The molecule has 0 aromatic heterocycles. The van der Waals surface area contributed by atoms with Crippen molar-refractivity contribution in [2.75, 3.05) is 39.8 Å². The first kappa shape index (κ1) is 17.4. The van der Waals surface area contributed by atoms with E-state index in [4.69, 9.17) is 9.84 Å². The monoisotopic (exact) mass is 320 g/mol. The van der Waals surface area contributed by atoms with Gasteiger partial charge in [0.05, 0.1) is 25.7 Å². The van der Waals surface area contributed by atoms with Crippen LogP contribution in [0, 0.1) is 6.92 Å². The highest BCUT2D eigenvalue weighted by molar-refractivity contribution is 5.79. The number of benzene rings is 1. The van der Waals surface area contributed by atoms with Crippen molar-refractivity contribution in [2.24, 2.45) is 0 Å². The molecule has 1 saturated heterocycles. The largest absolute Gasteiger partial charge is 0.480 e. The van der Waals surface area contributed by atoms with Gasteiger partial charge in [0.1, 0.15) is 0 Å². The first-order valence-corrected chi connectivity index (χ1v) is 7.79. The van der Waals surface area contributed by atoms with Gasteiger partial charge in [0, 0.05) is 19.6 Å². The van der Waals surface area contributed by atoms with E-state index in [-0.39, 0.29) is 18.6 Å². The number of aliphatic carboxylic acids is 1. The highest BCUT2D eigenvalue weighted by Gasteiger charge is 2.25. The highest BCUT2D eigenvalue weighted by Crippen LogP contribution is 2.10. The van der Waals surface area contributed by atoms with Gasteiger partial charge >= 0.3 is 5.97 Å². The average Bonchev–Trinajstić information content (AvgIpc) is 2.49. The quantitative estimate of drug-likeness (QED) is 0.839. The van der Waals surface area contributed by atoms with E-state index in [0.29, 0.717) is 32.7 Å². The summed E-state index contributed by atoms with van der Waals surface area (Å²) in [5, 5.41) is 8.79. The molecule has 1 heterocycles. The topological polar surface area (TPSA) is 70.1 Å². The second-order valence-electron chi connectivity index (χ2n) is 6.09. The number of carboxylic acid groups (broad SMARTS) is 1. The van der Waals surface area contributed by atoms with Crippen LogP contribution in [0.25, 0.3) is 0 Å². The standard InChI is InChI=1S/C17H24N2O4/c1-13-3-5-14(6-4-13)9-16(20)19-7-8-23-15(11-19)10-18(2)12-17(21)22/h3-6,15H,7-12H2,1-2H3,(H,21,22). The summed E-state index contributed by atoms with van der Waals surface area (Å²) in [4.78, 5) is 26.6. The van der Waals surface area contributed by atoms with E-state index in [1.807, 2.05) is 36.1 Å². The van der Waals surface area contributed by atoms with Crippen LogP contribution in [-0.2, 0) is 20.7 Å². The maximum atomic E-state index is 12.4. The molecule has 1 fully saturated rings. The van der Waals surface area contributed by atoms with E-state index < -0.39 is 5.97 Å². The fourth-order valence-corrected chi connectivity index (χ4v) is 2.69. The van der Waals surface area contributed by atoms with Crippen molar-refractivity contribution in [3.8, 4) is 0 Å². The summed E-state index contributed by atoms with van der Waals surface area (Å²) >= 11 is 0. The minimum absolute atomic E-state index is 0.0306. The Morgan fingerprint density at radius 1 is 1.35 bits per heavy atom. The Kier molecular flexibility index (Phi) is 6.12. The van der Waals surface area contributed by atoms with E-state index in [1.165, 1.54) is 5.56 Å². The molecule has 126 valence electrons. The van der Waals surface area contributed by atoms with Gasteiger partial charge in [0.2, 0.25) is 5.91 Å². The zero-order valence-corrected chi connectivity index (χ0v) is 13.7. The lowest BCUT2D eigenvalue weighted by molar-refractivity contribution is -0.142. The number of amides is 1. The number of carbonyl (C=O) groups is 2. The lowest BCUT2D eigenvalue weighted by atomic mass is 10.1. The highest BCUT2D eigenvalue weighted by atomic mass is 16.5. The van der Waals surface area contributed by atoms with Crippen LogP contribution in [0.5, 0.6) is 0 Å². The van der Waals surface area contributed by atoms with Crippen LogP contribution < -0.4 is 0 Å². The summed E-state index contributed by atoms with van der Waals surface area (Å²) in [7, 11) is 1.74. The minimum Gasteiger partial charge on any atom is -0.480 e. The van der Waals surface area contributed by atoms with E-state index in [1.54, 1.807) is 11.9 Å². The Balaban J connectivity index is 1.86. The van der Waals surface area contributed by atoms with Crippen LogP contribution in [0.1, 0.15) is 11.1 Å². The summed E-state index contributed by atoms with van der Waals surface area (Å²) in [6.07, 6.45) is 0.243. The van der Waals surface area contributed by atoms with Crippen LogP contribution in [-0.4, -0.2) is 72.7 Å². The van der Waals surface area contributed by atoms with E-state index >= 15 is 0 Å². The van der Waals surface area contributed by atoms with Crippen molar-refractivity contribution in [3.63, 3.8) is 0 Å². The molecule has 0 spiro atoms. The Hall–Kier alpha value is -1.92. The fraction of sp³-hybridized carbons (Fsp3) is 0.529. The number of ether oxygens (including phenoxy) is 1. The van der Waals surface area contributed by atoms with Gasteiger partial charge in [-0.15, -0.1) is 0 Å². The van der Waals surface area contributed by atoms with Gasteiger partial charge in [0.15, 0.2) is 0 Å². The van der Waals surface area contributed by atoms with Crippen molar-refractivity contribution in [1.29, 1.82) is 0 Å². The Labute approximate surface area is 136 Å². The molecule has 1 N–H and O–H groups in total. The van der Waals surface area contributed by atoms with Crippen LogP contribution >= 0.6 is 0 Å². The van der Waals surface area contributed by atoms with Crippen LogP contribution in [0.15, 0.2) is 24.3 Å². The number of rotatable bonds is 6. The fourth-order valence-electron chi connectivity index (χ4n) is 2.69. The smallest absolute Gasteiger partial charge is 0.317 e. The molecule has 1 aliphatic heterocycles. The van der Waals surface area contributed by atoms with Gasteiger partial charge in [-0.1, -0.05) is 29.8 Å². The SMILES string of the molecule is Cc1ccc(CC(=O)N2CCOC(CN(C)CC(=O)O)C2)cc1. The van der Waals surface area contributed by atoms with E-state index in [2.05, 4.69) is 0 Å². The van der Waals surface area contributed by atoms with Crippen molar-refractivity contribution < 1.29 is 19.4 Å². The van der Waals surface area contributed by atoms with E-state index in [9.17, 15) is 9.59 Å². The minimum atomic E-state index is -0.865. The first-order valence-electron chi connectivity index (χ1n) is 7.79. The number of aryl methyl sites for hydroxylation is 1. The molecular formula is C17H24N2O4. The third-order valence-corrected chi connectivity index (χ3v) is 3.89. The van der Waals surface area contributed by atoms with Crippen molar-refractivity contribution in [1.82, 2.24) is 9.80 Å². The molecule has 0 radical (unpaired) electrons. The number of carbonyl (C=O) groups excluding carboxylic acids is 1. The van der Waals surface area contributed by atoms with Gasteiger partial charge in [-0.25, -0.2) is 0 Å². The second kappa shape index (κ2) is 8.08. The first-order chi connectivity index (χ1) is 10.9. The predicted octanol–water partition coefficient (Wildman–Crippen LogP) is 0.781. The van der Waals surface area contributed by atoms with Gasteiger partial charge in [-0.2, -0.15) is 0 Å². The summed E-state index contributed by atoms with van der Waals surface area (Å²) in [5.74, 6) is -0.779. The average molecular weight is 320 g/mol. The molecule has 1 aromatic carbocycles. The molecule has 1 aliphatic rings. The third-order valence-electron chi connectivity index (χ3n) is 3.89. The van der Waals surface area contributed by atoms with Crippen molar-refractivity contribution in [2.45, 2.75) is 19.4 Å². The molecule has 0 aliphatic carbocycles. The number of likely N-dealkylation sites (N-methyl/N-ethyl adjacent to an activating group) is 1. The van der Waals surface area contributed by atoms with Gasteiger partial charge in [-0.3, -0.25) is 14.5 Å². The maximum absolute atomic E-state index is 12.4. The number of hydrogen-bond donors (Lipinski definition) is 1. The Morgan fingerprint density at radius 3 is 2.70 bits per heavy atom. The van der Waals surface area contributed by atoms with Crippen molar-refractivity contribution in [3.05, 3.63) is 35.4 Å². The van der Waals surface area contributed by atoms with Crippen molar-refractivity contribution >= 4 is 11.9 Å². The van der Waals surface area contributed by atoms with Crippen LogP contribution in [0.4, 0.5) is 0 Å². The summed E-state index contributed by atoms with van der Waals surface area (Å²) in [6, 6.07) is 7.97. The molecule has 1 unspecified atom stereocenters. The third kappa shape index (κ3) is 5.65. The molecule has 0 saturated carbocycles. The number of morpholine rings is 1. The van der Waals surface area contributed by atoms with Crippen LogP contribution in [0.3, 0.4) is 0 Å². The Morgan fingerprint density at radius 2 is 2.04 bits per heavy atom. The second-order valence-corrected chi connectivity index (χ2v) is 6.09.